The molecule has 1 fully saturated rings. The summed E-state index contributed by atoms with van der Waals surface area (Å²) < 4.78 is 0.927. The second-order valence-corrected chi connectivity index (χ2v) is 9.67. The third-order valence-corrected chi connectivity index (χ3v) is 6.71. The normalized spacial score (nSPS) is 17.1. The van der Waals surface area contributed by atoms with Gasteiger partial charge in [0.05, 0.1) is 12.2 Å². The van der Waals surface area contributed by atoms with Crippen molar-refractivity contribution in [2.45, 2.75) is 18.2 Å². The number of carbonyl (C=O) groups excluding carboxylic acids is 2. The number of amidine groups is 1. The molecule has 0 unspecified atom stereocenters. The van der Waals surface area contributed by atoms with Crippen LogP contribution in [0, 0.1) is 0 Å². The van der Waals surface area contributed by atoms with Crippen LogP contribution in [0.1, 0.15) is 12.0 Å². The van der Waals surface area contributed by atoms with E-state index in [2.05, 4.69) is 26.2 Å². The van der Waals surface area contributed by atoms with E-state index in [4.69, 9.17) is 11.6 Å². The molecule has 1 heterocycles. The van der Waals surface area contributed by atoms with E-state index in [0.717, 1.165) is 10.0 Å². The van der Waals surface area contributed by atoms with Crippen LogP contribution in [-0.2, 0) is 16.1 Å². The Hall–Kier alpha value is -2.61. The van der Waals surface area contributed by atoms with Gasteiger partial charge in [-0.1, -0.05) is 69.6 Å². The number of nitrogens with zero attached hydrogens (tertiary/aromatic N) is 2. The smallest absolute Gasteiger partial charge is 0.242 e. The van der Waals surface area contributed by atoms with Gasteiger partial charge in [0, 0.05) is 21.6 Å². The van der Waals surface area contributed by atoms with Gasteiger partial charge in [-0.05, 0) is 54.1 Å². The number of carbonyl (C=O) groups is 2. The number of thioether (sulfide) groups is 1. The van der Waals surface area contributed by atoms with Crippen molar-refractivity contribution in [1.82, 2.24) is 4.90 Å². The second kappa shape index (κ2) is 10.3. The lowest BCUT2D eigenvalue weighted by molar-refractivity contribution is -0.128. The Balaban J connectivity index is 1.53. The quantitative estimate of drug-likeness (QED) is 0.411. The zero-order valence-corrected chi connectivity index (χ0v) is 20.0. The number of halogens is 2. The molecule has 3 aromatic rings. The lowest BCUT2D eigenvalue weighted by Crippen LogP contribution is -2.33. The summed E-state index contributed by atoms with van der Waals surface area (Å²) >= 11 is 10.7. The van der Waals surface area contributed by atoms with E-state index in [1.165, 1.54) is 11.8 Å². The first-order valence-electron chi connectivity index (χ1n) is 9.89. The Labute approximate surface area is 204 Å². The van der Waals surface area contributed by atoms with Gasteiger partial charge in [0.1, 0.15) is 5.25 Å². The number of aliphatic imine (C=N–C) groups is 1. The molecule has 0 aromatic heterocycles. The van der Waals surface area contributed by atoms with Crippen molar-refractivity contribution in [1.29, 1.82) is 0 Å². The first-order chi connectivity index (χ1) is 15.5. The topological polar surface area (TPSA) is 61.8 Å². The second-order valence-electron chi connectivity index (χ2n) is 7.15. The molecule has 0 saturated carbocycles. The lowest BCUT2D eigenvalue weighted by atomic mass is 10.2. The van der Waals surface area contributed by atoms with Crippen molar-refractivity contribution in [3.05, 3.63) is 93.9 Å². The molecule has 1 saturated heterocycles. The standard InChI is InChI=1S/C24H19BrClN3O2S/c25-17-6-10-19(11-7-17)27-22(30)14-21-23(31)29(15-16-4-2-1-3-5-16)24(32-21)28-20-12-8-18(26)9-13-20/h1-13,21H,14-15H2,(H,27,30)/t21-/m1/s1. The third-order valence-electron chi connectivity index (χ3n) is 4.75. The fraction of sp³-hybridized carbons (Fsp3) is 0.125. The largest absolute Gasteiger partial charge is 0.326 e. The zero-order chi connectivity index (χ0) is 22.5. The van der Waals surface area contributed by atoms with Crippen LogP contribution in [0.5, 0.6) is 0 Å². The molecular weight excluding hydrogens is 510 g/mol. The fourth-order valence-corrected chi connectivity index (χ4v) is 4.72. The van der Waals surface area contributed by atoms with Crippen LogP contribution < -0.4 is 5.32 Å². The predicted molar refractivity (Wildman–Crippen MR) is 134 cm³/mol. The zero-order valence-electron chi connectivity index (χ0n) is 16.9. The van der Waals surface area contributed by atoms with E-state index in [-0.39, 0.29) is 18.2 Å². The highest BCUT2D eigenvalue weighted by atomic mass is 79.9. The maximum absolute atomic E-state index is 13.2. The van der Waals surface area contributed by atoms with Crippen molar-refractivity contribution in [2.24, 2.45) is 4.99 Å². The SMILES string of the molecule is O=C(C[C@H]1SC(=Nc2ccc(Cl)cc2)N(Cc2ccccc2)C1=O)Nc1ccc(Br)cc1. The molecule has 1 aliphatic rings. The highest BCUT2D eigenvalue weighted by molar-refractivity contribution is 9.10. The monoisotopic (exact) mass is 527 g/mol. The molecule has 1 atom stereocenters. The van der Waals surface area contributed by atoms with Gasteiger partial charge in [-0.2, -0.15) is 0 Å². The molecule has 0 bridgehead atoms. The van der Waals surface area contributed by atoms with Crippen molar-refractivity contribution in [3.63, 3.8) is 0 Å². The average Bonchev–Trinajstić information content (AvgIpc) is 3.06. The van der Waals surface area contributed by atoms with Gasteiger partial charge in [-0.15, -0.1) is 0 Å². The van der Waals surface area contributed by atoms with Gasteiger partial charge in [0.15, 0.2) is 5.17 Å². The van der Waals surface area contributed by atoms with E-state index in [0.29, 0.717) is 28.1 Å². The van der Waals surface area contributed by atoms with Crippen molar-refractivity contribution >= 4 is 67.6 Å². The Morgan fingerprint density at radius 2 is 1.72 bits per heavy atom. The lowest BCUT2D eigenvalue weighted by Gasteiger charge is -2.16. The number of nitrogens with one attached hydrogen (secondary N) is 1. The van der Waals surface area contributed by atoms with Crippen molar-refractivity contribution < 1.29 is 9.59 Å². The number of hydrogen-bond donors (Lipinski definition) is 1. The summed E-state index contributed by atoms with van der Waals surface area (Å²) in [5, 5.41) is 3.50. The van der Waals surface area contributed by atoms with Crippen molar-refractivity contribution in [2.75, 3.05) is 5.32 Å². The predicted octanol–water partition coefficient (Wildman–Crippen LogP) is 6.26. The minimum atomic E-state index is -0.541. The summed E-state index contributed by atoms with van der Waals surface area (Å²) in [6, 6.07) is 24.2. The summed E-state index contributed by atoms with van der Waals surface area (Å²) in [6.07, 6.45) is 0.0600. The molecule has 8 heteroatoms. The van der Waals surface area contributed by atoms with Gasteiger partial charge in [-0.3, -0.25) is 14.5 Å². The fourth-order valence-electron chi connectivity index (χ4n) is 3.18. The van der Waals surface area contributed by atoms with Crippen LogP contribution >= 0.6 is 39.3 Å². The van der Waals surface area contributed by atoms with Gasteiger partial charge in [0.25, 0.3) is 0 Å². The number of hydrogen-bond acceptors (Lipinski definition) is 4. The van der Waals surface area contributed by atoms with Gasteiger partial charge in [0.2, 0.25) is 11.8 Å². The Bertz CT molecular complexity index is 1140. The van der Waals surface area contributed by atoms with Crippen LogP contribution in [-0.4, -0.2) is 27.1 Å². The molecule has 3 aromatic carbocycles. The summed E-state index contributed by atoms with van der Waals surface area (Å²) in [6.45, 7) is 0.393. The summed E-state index contributed by atoms with van der Waals surface area (Å²) in [4.78, 5) is 32.1. The average molecular weight is 529 g/mol. The van der Waals surface area contributed by atoms with E-state index in [1.807, 2.05) is 42.5 Å². The molecule has 1 aliphatic heterocycles. The van der Waals surface area contributed by atoms with E-state index in [9.17, 15) is 9.59 Å². The molecule has 0 radical (unpaired) electrons. The molecule has 0 aliphatic carbocycles. The van der Waals surface area contributed by atoms with E-state index < -0.39 is 5.25 Å². The minimum Gasteiger partial charge on any atom is -0.326 e. The van der Waals surface area contributed by atoms with Gasteiger partial charge >= 0.3 is 0 Å². The van der Waals surface area contributed by atoms with Crippen LogP contribution in [0.3, 0.4) is 0 Å². The number of amides is 2. The number of benzene rings is 3. The maximum Gasteiger partial charge on any atom is 0.242 e. The van der Waals surface area contributed by atoms with Gasteiger partial charge < -0.3 is 5.32 Å². The van der Waals surface area contributed by atoms with Crippen LogP contribution in [0.25, 0.3) is 0 Å². The molecule has 5 nitrogen and oxygen atoms in total. The molecule has 162 valence electrons. The number of rotatable bonds is 6. The van der Waals surface area contributed by atoms with E-state index >= 15 is 0 Å². The highest BCUT2D eigenvalue weighted by Gasteiger charge is 2.39. The summed E-state index contributed by atoms with van der Waals surface area (Å²) in [5.74, 6) is -0.344. The molecule has 2 amide bonds. The van der Waals surface area contributed by atoms with Gasteiger partial charge in [-0.25, -0.2) is 4.99 Å². The Kier molecular flexibility index (Phi) is 7.29. The van der Waals surface area contributed by atoms with Crippen LogP contribution in [0.4, 0.5) is 11.4 Å². The molecule has 0 spiro atoms. The van der Waals surface area contributed by atoms with E-state index in [1.54, 1.807) is 41.3 Å². The Morgan fingerprint density at radius 3 is 2.41 bits per heavy atom. The number of anilines is 1. The summed E-state index contributed by atoms with van der Waals surface area (Å²) in [7, 11) is 0. The molecule has 4 rings (SSSR count). The first-order valence-corrected chi connectivity index (χ1v) is 11.9. The Morgan fingerprint density at radius 1 is 1.03 bits per heavy atom. The van der Waals surface area contributed by atoms with Crippen LogP contribution in [0.2, 0.25) is 5.02 Å². The molecule has 32 heavy (non-hydrogen) atoms. The maximum atomic E-state index is 13.2. The minimum absolute atomic E-state index is 0.0600. The molecular formula is C24H19BrClN3O2S. The summed E-state index contributed by atoms with van der Waals surface area (Å²) in [5.41, 5.74) is 2.37. The third kappa shape index (κ3) is 5.79. The molecule has 1 N–H and O–H groups in total. The first kappa shape index (κ1) is 22.6. The van der Waals surface area contributed by atoms with Crippen LogP contribution in [0.15, 0.2) is 88.3 Å². The van der Waals surface area contributed by atoms with Crippen molar-refractivity contribution in [3.8, 4) is 0 Å². The highest BCUT2D eigenvalue weighted by Crippen LogP contribution is 2.33.